The molecule has 9 heteroatoms. The highest BCUT2D eigenvalue weighted by Crippen LogP contribution is 2.26. The van der Waals surface area contributed by atoms with Gasteiger partial charge < -0.3 is 15.4 Å². The fourth-order valence-electron chi connectivity index (χ4n) is 3.00. The smallest absolute Gasteiger partial charge is 0.387 e. The number of pyridine rings is 2. The van der Waals surface area contributed by atoms with E-state index in [1.165, 1.54) is 52.9 Å². The Morgan fingerprint density at radius 3 is 2.54 bits per heavy atom. The number of fused-ring (bicyclic) bond motifs is 1. The SMILES string of the molecule is CCN(C(C)=O)c1cnc2c(N)cc(=O)n(-c3ccc(OC(F)F)cc3)c2c1. The van der Waals surface area contributed by atoms with Gasteiger partial charge in [0.1, 0.15) is 11.3 Å². The quantitative estimate of drug-likeness (QED) is 0.726. The fourth-order valence-corrected chi connectivity index (χ4v) is 3.00. The molecule has 146 valence electrons. The first-order chi connectivity index (χ1) is 13.3. The summed E-state index contributed by atoms with van der Waals surface area (Å²) in [5.74, 6) is -0.200. The van der Waals surface area contributed by atoms with Gasteiger partial charge in [0.15, 0.2) is 0 Å². The van der Waals surface area contributed by atoms with Crippen LogP contribution in [0.15, 0.2) is 47.4 Å². The highest BCUT2D eigenvalue weighted by molar-refractivity contribution is 5.95. The second kappa shape index (κ2) is 7.63. The maximum Gasteiger partial charge on any atom is 0.387 e. The van der Waals surface area contributed by atoms with E-state index in [1.54, 1.807) is 6.07 Å². The van der Waals surface area contributed by atoms with Gasteiger partial charge in [-0.15, -0.1) is 0 Å². The number of carbonyl (C=O) groups is 1. The zero-order valence-corrected chi connectivity index (χ0v) is 15.2. The monoisotopic (exact) mass is 388 g/mol. The molecule has 2 heterocycles. The lowest BCUT2D eigenvalue weighted by Gasteiger charge is -2.20. The maximum absolute atomic E-state index is 12.6. The Morgan fingerprint density at radius 2 is 1.96 bits per heavy atom. The summed E-state index contributed by atoms with van der Waals surface area (Å²) in [5.41, 5.74) is 7.43. The normalized spacial score (nSPS) is 11.0. The van der Waals surface area contributed by atoms with E-state index in [0.717, 1.165) is 0 Å². The summed E-state index contributed by atoms with van der Waals surface area (Å²) >= 11 is 0. The molecule has 1 amide bonds. The van der Waals surface area contributed by atoms with Crippen molar-refractivity contribution in [1.29, 1.82) is 0 Å². The number of halogens is 2. The molecule has 0 saturated carbocycles. The molecule has 2 N–H and O–H groups in total. The van der Waals surface area contributed by atoms with Crippen LogP contribution in [0.2, 0.25) is 0 Å². The van der Waals surface area contributed by atoms with Gasteiger partial charge in [-0.3, -0.25) is 19.1 Å². The molecular formula is C19H18F2N4O3. The number of nitrogens with two attached hydrogens (primary N) is 1. The molecule has 0 saturated heterocycles. The van der Waals surface area contributed by atoms with Gasteiger partial charge in [0, 0.05) is 25.2 Å². The van der Waals surface area contributed by atoms with E-state index in [2.05, 4.69) is 9.72 Å². The van der Waals surface area contributed by atoms with Gasteiger partial charge in [-0.05, 0) is 37.3 Å². The molecular weight excluding hydrogens is 370 g/mol. The molecule has 7 nitrogen and oxygen atoms in total. The number of nitrogen functional groups attached to an aromatic ring is 1. The average molecular weight is 388 g/mol. The van der Waals surface area contributed by atoms with E-state index in [4.69, 9.17) is 5.73 Å². The van der Waals surface area contributed by atoms with E-state index in [-0.39, 0.29) is 17.3 Å². The number of ether oxygens (including phenoxy) is 1. The first-order valence-corrected chi connectivity index (χ1v) is 8.46. The van der Waals surface area contributed by atoms with Gasteiger partial charge in [-0.2, -0.15) is 8.78 Å². The number of benzene rings is 1. The van der Waals surface area contributed by atoms with Crippen molar-refractivity contribution >= 4 is 28.3 Å². The number of carbonyl (C=O) groups excluding carboxylic acids is 1. The Labute approximate surface area is 159 Å². The second-order valence-electron chi connectivity index (χ2n) is 5.97. The maximum atomic E-state index is 12.6. The number of rotatable bonds is 5. The van der Waals surface area contributed by atoms with Crippen LogP contribution < -0.4 is 20.9 Å². The van der Waals surface area contributed by atoms with Crippen molar-refractivity contribution in [2.75, 3.05) is 17.2 Å². The molecule has 0 unspecified atom stereocenters. The first kappa shape index (κ1) is 19.3. The highest BCUT2D eigenvalue weighted by Gasteiger charge is 2.15. The molecule has 28 heavy (non-hydrogen) atoms. The molecule has 0 aliphatic heterocycles. The lowest BCUT2D eigenvalue weighted by molar-refractivity contribution is -0.116. The van der Waals surface area contributed by atoms with E-state index >= 15 is 0 Å². The zero-order chi connectivity index (χ0) is 20.4. The number of amides is 1. The van der Waals surface area contributed by atoms with Crippen molar-refractivity contribution in [2.24, 2.45) is 0 Å². The third kappa shape index (κ3) is 3.64. The summed E-state index contributed by atoms with van der Waals surface area (Å²) in [4.78, 5) is 30.3. The van der Waals surface area contributed by atoms with Crippen molar-refractivity contribution in [3.63, 3.8) is 0 Å². The Kier molecular flexibility index (Phi) is 5.25. The highest BCUT2D eigenvalue weighted by atomic mass is 19.3. The molecule has 3 rings (SSSR count). The van der Waals surface area contributed by atoms with Crippen molar-refractivity contribution in [2.45, 2.75) is 20.5 Å². The summed E-state index contributed by atoms with van der Waals surface area (Å²) < 4.78 is 30.4. The van der Waals surface area contributed by atoms with Gasteiger partial charge in [0.25, 0.3) is 5.56 Å². The summed E-state index contributed by atoms with van der Waals surface area (Å²) in [6, 6.07) is 8.51. The number of hydrogen-bond donors (Lipinski definition) is 1. The van der Waals surface area contributed by atoms with Crippen LogP contribution in [0.1, 0.15) is 13.8 Å². The predicted octanol–water partition coefficient (Wildman–Crippen LogP) is 2.94. The topological polar surface area (TPSA) is 90.5 Å². The van der Waals surface area contributed by atoms with Crippen LogP contribution in [0, 0.1) is 0 Å². The lowest BCUT2D eigenvalue weighted by Crippen LogP contribution is -2.28. The minimum atomic E-state index is -2.94. The Hall–Kier alpha value is -3.49. The van der Waals surface area contributed by atoms with Crippen LogP contribution in [-0.2, 0) is 4.79 Å². The van der Waals surface area contributed by atoms with Crippen molar-refractivity contribution in [3.05, 3.63) is 52.9 Å². The molecule has 0 radical (unpaired) electrons. The number of anilines is 2. The minimum Gasteiger partial charge on any atom is -0.435 e. The Morgan fingerprint density at radius 1 is 1.29 bits per heavy atom. The van der Waals surface area contributed by atoms with E-state index < -0.39 is 12.2 Å². The lowest BCUT2D eigenvalue weighted by atomic mass is 10.2. The van der Waals surface area contributed by atoms with Crippen LogP contribution in [0.4, 0.5) is 20.2 Å². The predicted molar refractivity (Wildman–Crippen MR) is 102 cm³/mol. The van der Waals surface area contributed by atoms with Gasteiger partial charge >= 0.3 is 6.61 Å². The fraction of sp³-hybridized carbons (Fsp3) is 0.211. The second-order valence-corrected chi connectivity index (χ2v) is 5.97. The zero-order valence-electron chi connectivity index (χ0n) is 15.2. The average Bonchev–Trinajstić information content (AvgIpc) is 2.62. The van der Waals surface area contributed by atoms with E-state index in [9.17, 15) is 18.4 Å². The van der Waals surface area contributed by atoms with Crippen LogP contribution in [0.3, 0.4) is 0 Å². The van der Waals surface area contributed by atoms with Crippen molar-refractivity contribution < 1.29 is 18.3 Å². The molecule has 2 aromatic heterocycles. The number of alkyl halides is 2. The standard InChI is InChI=1S/C19H18F2N4O3/c1-3-24(11(2)26)13-8-16-18(23-10-13)15(22)9-17(27)25(16)12-4-6-14(7-5-12)28-19(20)21/h4-10,19H,3,22H2,1-2H3. The number of hydrogen-bond acceptors (Lipinski definition) is 5. The van der Waals surface area contributed by atoms with Gasteiger partial charge in [-0.1, -0.05) is 0 Å². The summed E-state index contributed by atoms with van der Waals surface area (Å²) in [6.45, 7) is 0.736. The molecule has 0 aliphatic rings. The minimum absolute atomic E-state index is 0.0286. The Balaban J connectivity index is 2.20. The van der Waals surface area contributed by atoms with E-state index in [0.29, 0.717) is 29.0 Å². The molecule has 1 aromatic carbocycles. The summed E-state index contributed by atoms with van der Waals surface area (Å²) in [5, 5.41) is 0. The molecule has 3 aromatic rings. The molecule has 0 aliphatic carbocycles. The molecule has 0 spiro atoms. The van der Waals surface area contributed by atoms with Crippen molar-refractivity contribution in [1.82, 2.24) is 9.55 Å². The molecule has 0 fully saturated rings. The number of aromatic nitrogens is 2. The summed E-state index contributed by atoms with van der Waals surface area (Å²) in [7, 11) is 0. The Bertz CT molecular complexity index is 1080. The molecule has 0 bridgehead atoms. The summed E-state index contributed by atoms with van der Waals surface area (Å²) in [6.07, 6.45) is 1.51. The third-order valence-electron chi connectivity index (χ3n) is 4.19. The third-order valence-corrected chi connectivity index (χ3v) is 4.19. The van der Waals surface area contributed by atoms with Gasteiger partial charge in [-0.25, -0.2) is 0 Å². The van der Waals surface area contributed by atoms with Crippen LogP contribution in [0.5, 0.6) is 5.75 Å². The van der Waals surface area contributed by atoms with Crippen molar-refractivity contribution in [3.8, 4) is 11.4 Å². The number of nitrogens with zero attached hydrogens (tertiary/aromatic N) is 3. The first-order valence-electron chi connectivity index (χ1n) is 8.46. The molecule has 0 atom stereocenters. The van der Waals surface area contributed by atoms with E-state index in [1.807, 2.05) is 6.92 Å². The van der Waals surface area contributed by atoms with Crippen LogP contribution in [0.25, 0.3) is 16.7 Å². The van der Waals surface area contributed by atoms with Gasteiger partial charge in [0.05, 0.1) is 23.1 Å². The largest absolute Gasteiger partial charge is 0.435 e. The van der Waals surface area contributed by atoms with Crippen LogP contribution >= 0.6 is 0 Å². The van der Waals surface area contributed by atoms with Gasteiger partial charge in [0.2, 0.25) is 5.91 Å². The van der Waals surface area contributed by atoms with Crippen LogP contribution in [-0.4, -0.2) is 28.6 Å².